The van der Waals surface area contributed by atoms with Gasteiger partial charge in [-0.1, -0.05) is 0 Å². The topological polar surface area (TPSA) is 26.5 Å². The Kier molecular flexibility index (Phi) is 1.83. The molecule has 3 nitrogen and oxygen atoms in total. The van der Waals surface area contributed by atoms with E-state index in [9.17, 15) is 13.2 Å². The third kappa shape index (κ3) is 1.78. The van der Waals surface area contributed by atoms with E-state index in [0.29, 0.717) is 5.65 Å². The number of alkyl halides is 3. The standard InChI is InChI=1S/C8H5F3N2O/c9-8(10,11)14-6-1-2-7-12-3-4-13(7)5-6/h1-5H. The molecule has 0 aliphatic heterocycles. The summed E-state index contributed by atoms with van der Waals surface area (Å²) in [6, 6.07) is 2.66. The van der Waals surface area contributed by atoms with Crippen molar-refractivity contribution in [3.8, 4) is 5.75 Å². The molecular formula is C8H5F3N2O. The number of hydrogen-bond acceptors (Lipinski definition) is 2. The minimum absolute atomic E-state index is 0.261. The molecule has 6 heteroatoms. The second kappa shape index (κ2) is 2.90. The molecule has 2 heterocycles. The zero-order chi connectivity index (χ0) is 10.2. The molecule has 0 radical (unpaired) electrons. The quantitative estimate of drug-likeness (QED) is 0.708. The van der Waals surface area contributed by atoms with E-state index in [1.165, 1.54) is 28.9 Å². The van der Waals surface area contributed by atoms with Crippen LogP contribution in [-0.2, 0) is 0 Å². The molecule has 0 saturated heterocycles. The first kappa shape index (κ1) is 8.86. The van der Waals surface area contributed by atoms with Crippen LogP contribution in [0.1, 0.15) is 0 Å². The summed E-state index contributed by atoms with van der Waals surface area (Å²) in [6.07, 6.45) is -0.407. The van der Waals surface area contributed by atoms with Crippen molar-refractivity contribution in [1.29, 1.82) is 0 Å². The summed E-state index contributed by atoms with van der Waals surface area (Å²) in [5.74, 6) is -0.261. The molecule has 0 atom stereocenters. The van der Waals surface area contributed by atoms with Crippen molar-refractivity contribution in [3.05, 3.63) is 30.7 Å². The first-order valence-corrected chi connectivity index (χ1v) is 3.73. The van der Waals surface area contributed by atoms with Crippen molar-refractivity contribution in [2.24, 2.45) is 0 Å². The van der Waals surface area contributed by atoms with Crippen molar-refractivity contribution in [2.45, 2.75) is 6.36 Å². The predicted octanol–water partition coefficient (Wildman–Crippen LogP) is 2.23. The second-order valence-corrected chi connectivity index (χ2v) is 2.61. The molecule has 2 aromatic rings. The van der Waals surface area contributed by atoms with Crippen molar-refractivity contribution in [3.63, 3.8) is 0 Å². The van der Waals surface area contributed by atoms with Gasteiger partial charge in [0, 0.05) is 12.4 Å². The molecule has 0 aliphatic carbocycles. The van der Waals surface area contributed by atoms with E-state index in [2.05, 4.69) is 9.72 Å². The molecule has 2 rings (SSSR count). The van der Waals surface area contributed by atoms with Gasteiger partial charge in [0.15, 0.2) is 0 Å². The molecule has 0 unspecified atom stereocenters. The van der Waals surface area contributed by atoms with Crippen LogP contribution in [-0.4, -0.2) is 15.7 Å². The lowest BCUT2D eigenvalue weighted by atomic mass is 10.4. The van der Waals surface area contributed by atoms with Gasteiger partial charge in [-0.25, -0.2) is 4.98 Å². The van der Waals surface area contributed by atoms with Crippen LogP contribution in [0.5, 0.6) is 5.75 Å². The van der Waals surface area contributed by atoms with Crippen LogP contribution in [0.4, 0.5) is 13.2 Å². The Morgan fingerprint density at radius 1 is 1.29 bits per heavy atom. The van der Waals surface area contributed by atoms with Gasteiger partial charge in [0.05, 0.1) is 6.20 Å². The smallest absolute Gasteiger partial charge is 0.404 e. The van der Waals surface area contributed by atoms with Gasteiger partial charge in [-0.2, -0.15) is 0 Å². The van der Waals surface area contributed by atoms with Gasteiger partial charge in [0.25, 0.3) is 0 Å². The van der Waals surface area contributed by atoms with Crippen molar-refractivity contribution < 1.29 is 17.9 Å². The number of nitrogens with zero attached hydrogens (tertiary/aromatic N) is 2. The average molecular weight is 202 g/mol. The minimum atomic E-state index is -4.66. The Morgan fingerprint density at radius 2 is 2.07 bits per heavy atom. The molecular weight excluding hydrogens is 197 g/mol. The molecule has 0 fully saturated rings. The summed E-state index contributed by atoms with van der Waals surface area (Å²) in [5.41, 5.74) is 0.569. The third-order valence-electron chi connectivity index (χ3n) is 1.60. The molecule has 0 saturated carbocycles. The van der Waals surface area contributed by atoms with Gasteiger partial charge in [-0.3, -0.25) is 0 Å². The largest absolute Gasteiger partial charge is 0.573 e. The average Bonchev–Trinajstić information content (AvgIpc) is 2.47. The van der Waals surface area contributed by atoms with Gasteiger partial charge in [-0.15, -0.1) is 13.2 Å². The zero-order valence-corrected chi connectivity index (χ0v) is 6.82. The van der Waals surface area contributed by atoms with Gasteiger partial charge < -0.3 is 9.14 Å². The first-order chi connectivity index (χ1) is 6.54. The molecule has 0 amide bonds. The SMILES string of the molecule is FC(F)(F)Oc1ccc2nccn2c1. The van der Waals surface area contributed by atoms with Crippen molar-refractivity contribution >= 4 is 5.65 Å². The molecule has 0 aromatic carbocycles. The molecule has 0 bridgehead atoms. The van der Waals surface area contributed by atoms with E-state index in [-0.39, 0.29) is 5.75 Å². The number of pyridine rings is 1. The lowest BCUT2D eigenvalue weighted by Crippen LogP contribution is -2.17. The fraction of sp³-hybridized carbons (Fsp3) is 0.125. The highest BCUT2D eigenvalue weighted by Gasteiger charge is 2.31. The maximum Gasteiger partial charge on any atom is 0.573 e. The molecule has 74 valence electrons. The van der Waals surface area contributed by atoms with Crippen LogP contribution in [0.3, 0.4) is 0 Å². The highest BCUT2D eigenvalue weighted by atomic mass is 19.4. The maximum absolute atomic E-state index is 11.8. The Hall–Kier alpha value is -1.72. The number of hydrogen-bond donors (Lipinski definition) is 0. The Labute approximate surface area is 76.7 Å². The molecule has 0 N–H and O–H groups in total. The highest BCUT2D eigenvalue weighted by molar-refractivity contribution is 5.41. The third-order valence-corrected chi connectivity index (χ3v) is 1.60. The molecule has 0 spiro atoms. The van der Waals surface area contributed by atoms with Gasteiger partial charge in [0.2, 0.25) is 0 Å². The second-order valence-electron chi connectivity index (χ2n) is 2.61. The lowest BCUT2D eigenvalue weighted by Gasteiger charge is -2.08. The van der Waals surface area contributed by atoms with Crippen molar-refractivity contribution in [2.75, 3.05) is 0 Å². The van der Waals surface area contributed by atoms with Crippen LogP contribution < -0.4 is 4.74 Å². The Balaban J connectivity index is 2.35. The van der Waals surface area contributed by atoms with Gasteiger partial charge in [-0.05, 0) is 12.1 Å². The fourth-order valence-corrected chi connectivity index (χ4v) is 1.09. The molecule has 2 aromatic heterocycles. The number of rotatable bonds is 1. The zero-order valence-electron chi connectivity index (χ0n) is 6.82. The van der Waals surface area contributed by atoms with E-state index in [1.54, 1.807) is 6.20 Å². The van der Waals surface area contributed by atoms with E-state index in [0.717, 1.165) is 0 Å². The van der Waals surface area contributed by atoms with Crippen LogP contribution in [0.25, 0.3) is 5.65 Å². The van der Waals surface area contributed by atoms with E-state index in [1.807, 2.05) is 0 Å². The normalized spacial score (nSPS) is 11.9. The van der Waals surface area contributed by atoms with Gasteiger partial charge in [0.1, 0.15) is 11.4 Å². The maximum atomic E-state index is 11.8. The monoisotopic (exact) mass is 202 g/mol. The van der Waals surface area contributed by atoms with E-state index < -0.39 is 6.36 Å². The lowest BCUT2D eigenvalue weighted by molar-refractivity contribution is -0.274. The fourth-order valence-electron chi connectivity index (χ4n) is 1.09. The highest BCUT2D eigenvalue weighted by Crippen LogP contribution is 2.22. The summed E-state index contributed by atoms with van der Waals surface area (Å²) >= 11 is 0. The minimum Gasteiger partial charge on any atom is -0.404 e. The van der Waals surface area contributed by atoms with Crippen LogP contribution in [0.15, 0.2) is 30.7 Å². The number of fused-ring (bicyclic) bond motifs is 1. The summed E-state index contributed by atoms with van der Waals surface area (Å²) in [5, 5.41) is 0. The number of aromatic nitrogens is 2. The Morgan fingerprint density at radius 3 is 2.79 bits per heavy atom. The van der Waals surface area contributed by atoms with E-state index >= 15 is 0 Å². The Bertz CT molecular complexity index is 449. The van der Waals surface area contributed by atoms with Crippen molar-refractivity contribution in [1.82, 2.24) is 9.38 Å². The number of ether oxygens (including phenoxy) is 1. The number of halogens is 3. The van der Waals surface area contributed by atoms with E-state index in [4.69, 9.17) is 0 Å². The number of imidazole rings is 1. The summed E-state index contributed by atoms with van der Waals surface area (Å²) in [7, 11) is 0. The first-order valence-electron chi connectivity index (χ1n) is 3.73. The molecule has 0 aliphatic rings. The van der Waals surface area contributed by atoms with Crippen LogP contribution in [0, 0.1) is 0 Å². The summed E-state index contributed by atoms with van der Waals surface area (Å²) in [4.78, 5) is 3.88. The predicted molar refractivity (Wildman–Crippen MR) is 41.9 cm³/mol. The van der Waals surface area contributed by atoms with Crippen LogP contribution in [0.2, 0.25) is 0 Å². The van der Waals surface area contributed by atoms with Crippen LogP contribution >= 0.6 is 0 Å². The summed E-state index contributed by atoms with van der Waals surface area (Å²) < 4.78 is 40.6. The molecule has 14 heavy (non-hydrogen) atoms. The van der Waals surface area contributed by atoms with Gasteiger partial charge >= 0.3 is 6.36 Å². The summed E-state index contributed by atoms with van der Waals surface area (Å²) in [6.45, 7) is 0.